The van der Waals surface area contributed by atoms with Gasteiger partial charge in [-0.1, -0.05) is 0 Å². The van der Waals surface area contributed by atoms with Crippen LogP contribution in [-0.4, -0.2) is 28.8 Å². The average molecular weight is 159 g/mol. The summed E-state index contributed by atoms with van der Waals surface area (Å²) in [5.41, 5.74) is 3.98. The van der Waals surface area contributed by atoms with E-state index in [0.29, 0.717) is 6.42 Å². The van der Waals surface area contributed by atoms with Crippen LogP contribution >= 0.6 is 0 Å². The van der Waals surface area contributed by atoms with Crippen molar-refractivity contribution in [2.24, 2.45) is 5.73 Å². The van der Waals surface area contributed by atoms with Crippen LogP contribution in [0.2, 0.25) is 0 Å². The van der Waals surface area contributed by atoms with E-state index < -0.39 is 17.1 Å². The Balaban J connectivity index is 2.73. The summed E-state index contributed by atoms with van der Waals surface area (Å²) in [6.07, 6.45) is 0.370. The highest BCUT2D eigenvalue weighted by Gasteiger charge is 2.47. The van der Waals surface area contributed by atoms with Crippen LogP contribution in [-0.2, 0) is 9.53 Å². The molecular weight excluding hydrogens is 146 g/mol. The van der Waals surface area contributed by atoms with E-state index in [9.17, 15) is 4.79 Å². The van der Waals surface area contributed by atoms with E-state index in [1.807, 2.05) is 13.8 Å². The molecule has 0 aromatic heterocycles. The molecule has 0 radical (unpaired) electrons. The standard InChI is InChI=1S/C7H13NO3/c1-6(2)3-7(8,4-11-6)5(9)10/h3-4,8H2,1-2H3,(H,9,10). The van der Waals surface area contributed by atoms with E-state index in [4.69, 9.17) is 15.6 Å². The second-order valence-electron chi connectivity index (χ2n) is 3.69. The van der Waals surface area contributed by atoms with E-state index >= 15 is 0 Å². The number of rotatable bonds is 1. The average Bonchev–Trinajstić information content (AvgIpc) is 2.08. The Morgan fingerprint density at radius 3 is 2.36 bits per heavy atom. The third-order valence-corrected chi connectivity index (χ3v) is 1.89. The lowest BCUT2D eigenvalue weighted by Gasteiger charge is -2.18. The topological polar surface area (TPSA) is 72.6 Å². The lowest BCUT2D eigenvalue weighted by atomic mass is 9.92. The normalized spacial score (nSPS) is 35.5. The van der Waals surface area contributed by atoms with Crippen LogP contribution in [0, 0.1) is 0 Å². The molecule has 1 rings (SSSR count). The fraction of sp³-hybridized carbons (Fsp3) is 0.857. The maximum atomic E-state index is 10.6. The van der Waals surface area contributed by atoms with Gasteiger partial charge in [-0.3, -0.25) is 4.79 Å². The zero-order valence-corrected chi connectivity index (χ0v) is 6.76. The van der Waals surface area contributed by atoms with Crippen LogP contribution in [0.25, 0.3) is 0 Å². The highest BCUT2D eigenvalue weighted by atomic mass is 16.5. The molecule has 1 unspecified atom stereocenters. The molecule has 0 aromatic carbocycles. The van der Waals surface area contributed by atoms with Gasteiger partial charge in [-0.05, 0) is 13.8 Å². The van der Waals surface area contributed by atoms with Gasteiger partial charge in [0.1, 0.15) is 5.54 Å². The predicted octanol–water partition coefficient (Wildman–Crippen LogP) is -0.0326. The molecule has 64 valence electrons. The molecule has 1 aliphatic heterocycles. The summed E-state index contributed by atoms with van der Waals surface area (Å²) >= 11 is 0. The monoisotopic (exact) mass is 159 g/mol. The zero-order chi connectivity index (χ0) is 8.70. The largest absolute Gasteiger partial charge is 0.480 e. The molecule has 0 aromatic rings. The molecule has 0 bridgehead atoms. The fourth-order valence-electron chi connectivity index (χ4n) is 1.32. The first kappa shape index (κ1) is 8.49. The Labute approximate surface area is 65.3 Å². The fourth-order valence-corrected chi connectivity index (χ4v) is 1.32. The summed E-state index contributed by atoms with van der Waals surface area (Å²) < 4.78 is 5.21. The number of carboxylic acid groups (broad SMARTS) is 1. The van der Waals surface area contributed by atoms with Crippen molar-refractivity contribution in [1.82, 2.24) is 0 Å². The Morgan fingerprint density at radius 1 is 1.64 bits per heavy atom. The zero-order valence-electron chi connectivity index (χ0n) is 6.76. The van der Waals surface area contributed by atoms with E-state index in [1.54, 1.807) is 0 Å². The minimum atomic E-state index is -1.18. The van der Waals surface area contributed by atoms with Crippen molar-refractivity contribution in [3.63, 3.8) is 0 Å². The molecule has 1 heterocycles. The van der Waals surface area contributed by atoms with Gasteiger partial charge in [-0.25, -0.2) is 0 Å². The summed E-state index contributed by atoms with van der Waals surface area (Å²) in [6.45, 7) is 3.78. The summed E-state index contributed by atoms with van der Waals surface area (Å²) in [7, 11) is 0. The van der Waals surface area contributed by atoms with E-state index in [-0.39, 0.29) is 6.61 Å². The molecule has 1 aliphatic rings. The number of aliphatic carboxylic acids is 1. The SMILES string of the molecule is CC1(C)CC(N)(C(=O)O)CO1. The summed E-state index contributed by atoms with van der Waals surface area (Å²) in [4.78, 5) is 10.6. The molecule has 0 saturated carbocycles. The first-order valence-corrected chi connectivity index (χ1v) is 3.52. The molecule has 1 fully saturated rings. The van der Waals surface area contributed by atoms with Crippen molar-refractivity contribution >= 4 is 5.97 Å². The molecule has 0 amide bonds. The number of carbonyl (C=O) groups is 1. The third-order valence-electron chi connectivity index (χ3n) is 1.89. The van der Waals surface area contributed by atoms with Gasteiger partial charge >= 0.3 is 5.97 Å². The molecule has 4 nitrogen and oxygen atoms in total. The lowest BCUT2D eigenvalue weighted by molar-refractivity contribution is -0.143. The molecule has 11 heavy (non-hydrogen) atoms. The van der Waals surface area contributed by atoms with Gasteiger partial charge in [0.15, 0.2) is 0 Å². The van der Waals surface area contributed by atoms with Crippen molar-refractivity contribution in [2.75, 3.05) is 6.61 Å². The van der Waals surface area contributed by atoms with Crippen LogP contribution in [0.5, 0.6) is 0 Å². The van der Waals surface area contributed by atoms with Gasteiger partial charge < -0.3 is 15.6 Å². The Bertz CT molecular complexity index is 190. The van der Waals surface area contributed by atoms with Gasteiger partial charge in [0.2, 0.25) is 0 Å². The third kappa shape index (κ3) is 1.52. The quantitative estimate of drug-likeness (QED) is 0.563. The van der Waals surface area contributed by atoms with E-state index in [1.165, 1.54) is 0 Å². The van der Waals surface area contributed by atoms with Crippen LogP contribution in [0.3, 0.4) is 0 Å². The van der Waals surface area contributed by atoms with Crippen LogP contribution in [0.1, 0.15) is 20.3 Å². The lowest BCUT2D eigenvalue weighted by Crippen LogP contribution is -2.49. The Morgan fingerprint density at radius 2 is 2.18 bits per heavy atom. The first-order chi connectivity index (χ1) is 4.86. The van der Waals surface area contributed by atoms with Crippen molar-refractivity contribution in [1.29, 1.82) is 0 Å². The number of hydrogen-bond acceptors (Lipinski definition) is 3. The van der Waals surface area contributed by atoms with E-state index in [2.05, 4.69) is 0 Å². The number of hydrogen-bond donors (Lipinski definition) is 2. The second-order valence-corrected chi connectivity index (χ2v) is 3.69. The van der Waals surface area contributed by atoms with Crippen LogP contribution in [0.4, 0.5) is 0 Å². The van der Waals surface area contributed by atoms with Gasteiger partial charge in [0.25, 0.3) is 0 Å². The molecule has 0 aliphatic carbocycles. The van der Waals surface area contributed by atoms with Crippen molar-refractivity contribution in [2.45, 2.75) is 31.4 Å². The van der Waals surface area contributed by atoms with Crippen LogP contribution in [0.15, 0.2) is 0 Å². The first-order valence-electron chi connectivity index (χ1n) is 3.52. The predicted molar refractivity (Wildman–Crippen MR) is 39.2 cm³/mol. The van der Waals surface area contributed by atoms with Gasteiger partial charge in [-0.2, -0.15) is 0 Å². The molecule has 1 saturated heterocycles. The van der Waals surface area contributed by atoms with Gasteiger partial charge in [-0.15, -0.1) is 0 Å². The van der Waals surface area contributed by atoms with Gasteiger partial charge in [0, 0.05) is 6.42 Å². The molecular formula is C7H13NO3. The summed E-state index contributed by atoms with van der Waals surface area (Å²) in [5.74, 6) is -0.983. The number of nitrogens with two attached hydrogens (primary N) is 1. The van der Waals surface area contributed by atoms with Crippen molar-refractivity contribution in [3.05, 3.63) is 0 Å². The van der Waals surface area contributed by atoms with Crippen molar-refractivity contribution < 1.29 is 14.6 Å². The maximum absolute atomic E-state index is 10.6. The second kappa shape index (κ2) is 2.19. The Kier molecular flexibility index (Phi) is 1.69. The number of carboxylic acids is 1. The Hall–Kier alpha value is -0.610. The number of ether oxygens (including phenoxy) is 1. The molecule has 3 N–H and O–H groups in total. The minimum absolute atomic E-state index is 0.106. The molecule has 1 atom stereocenters. The maximum Gasteiger partial charge on any atom is 0.326 e. The van der Waals surface area contributed by atoms with Gasteiger partial charge in [0.05, 0.1) is 12.2 Å². The summed E-state index contributed by atoms with van der Waals surface area (Å²) in [6, 6.07) is 0. The van der Waals surface area contributed by atoms with Crippen molar-refractivity contribution in [3.8, 4) is 0 Å². The molecule has 4 heteroatoms. The highest BCUT2D eigenvalue weighted by Crippen LogP contribution is 2.30. The highest BCUT2D eigenvalue weighted by molar-refractivity contribution is 5.79. The summed E-state index contributed by atoms with van der Waals surface area (Å²) in [5, 5.41) is 8.70. The van der Waals surface area contributed by atoms with E-state index in [0.717, 1.165) is 0 Å². The molecule has 0 spiro atoms. The minimum Gasteiger partial charge on any atom is -0.480 e. The van der Waals surface area contributed by atoms with Crippen LogP contribution < -0.4 is 5.73 Å². The smallest absolute Gasteiger partial charge is 0.326 e.